The van der Waals surface area contributed by atoms with E-state index in [0.29, 0.717) is 12.5 Å². The van der Waals surface area contributed by atoms with Crippen molar-refractivity contribution >= 4 is 17.5 Å². The van der Waals surface area contributed by atoms with E-state index in [-0.39, 0.29) is 17.9 Å². The lowest BCUT2D eigenvalue weighted by atomic mass is 10.1. The van der Waals surface area contributed by atoms with Gasteiger partial charge < -0.3 is 15.3 Å². The Bertz CT molecular complexity index is 827. The molecule has 0 aliphatic heterocycles. The molecule has 0 bridgehead atoms. The van der Waals surface area contributed by atoms with E-state index in [0.717, 1.165) is 6.07 Å². The van der Waals surface area contributed by atoms with Gasteiger partial charge in [-0.3, -0.25) is 9.59 Å². The fourth-order valence-electron chi connectivity index (χ4n) is 2.33. The Morgan fingerprint density at radius 1 is 1.08 bits per heavy atom. The Kier molecular flexibility index (Phi) is 6.21. The summed E-state index contributed by atoms with van der Waals surface area (Å²) in [5.41, 5.74) is -0.506. The minimum atomic E-state index is -1.70. The second-order valence-corrected chi connectivity index (χ2v) is 5.51. The van der Waals surface area contributed by atoms with Crippen molar-refractivity contribution in [3.05, 3.63) is 59.4 Å². The first kappa shape index (κ1) is 19.3. The molecule has 0 saturated heterocycles. The van der Waals surface area contributed by atoms with Gasteiger partial charge in [0.25, 0.3) is 5.91 Å². The summed E-state index contributed by atoms with van der Waals surface area (Å²) in [4.78, 5) is 25.8. The molecule has 0 aliphatic carbocycles. The van der Waals surface area contributed by atoms with Crippen molar-refractivity contribution in [1.82, 2.24) is 4.90 Å². The lowest BCUT2D eigenvalue weighted by Crippen LogP contribution is -2.38. The molecule has 2 aromatic rings. The van der Waals surface area contributed by atoms with Crippen LogP contribution in [0.4, 0.5) is 18.9 Å². The molecule has 2 N–H and O–H groups in total. The number of hydrogen-bond donors (Lipinski definition) is 2. The van der Waals surface area contributed by atoms with Gasteiger partial charge in [-0.1, -0.05) is 19.1 Å². The van der Waals surface area contributed by atoms with Gasteiger partial charge >= 0.3 is 0 Å². The number of amides is 2. The average molecular weight is 366 g/mol. The van der Waals surface area contributed by atoms with Gasteiger partial charge in [-0.15, -0.1) is 0 Å². The van der Waals surface area contributed by atoms with Gasteiger partial charge in [0.15, 0.2) is 17.5 Å². The number of benzene rings is 2. The van der Waals surface area contributed by atoms with Crippen LogP contribution in [0, 0.1) is 17.5 Å². The van der Waals surface area contributed by atoms with Crippen LogP contribution in [0.2, 0.25) is 0 Å². The third-order valence-electron chi connectivity index (χ3n) is 3.56. The third-order valence-corrected chi connectivity index (χ3v) is 3.56. The Hall–Kier alpha value is -3.03. The van der Waals surface area contributed by atoms with E-state index in [1.807, 2.05) is 0 Å². The number of carbonyl (C=O) groups excluding carboxylic acids is 2. The lowest BCUT2D eigenvalue weighted by Gasteiger charge is -2.22. The number of anilines is 1. The van der Waals surface area contributed by atoms with Crippen LogP contribution in [0.1, 0.15) is 23.7 Å². The molecule has 0 heterocycles. The summed E-state index contributed by atoms with van der Waals surface area (Å²) in [6, 6.07) is 7.44. The monoisotopic (exact) mass is 366 g/mol. The molecule has 0 unspecified atom stereocenters. The number of carbonyl (C=O) groups is 2. The fraction of sp³-hybridized carbons (Fsp3) is 0.222. The molecule has 8 heteroatoms. The van der Waals surface area contributed by atoms with Crippen LogP contribution < -0.4 is 5.32 Å². The molecule has 2 amide bonds. The van der Waals surface area contributed by atoms with Crippen molar-refractivity contribution in [2.75, 3.05) is 18.4 Å². The van der Waals surface area contributed by atoms with Crippen LogP contribution in [-0.2, 0) is 4.79 Å². The lowest BCUT2D eigenvalue weighted by molar-refractivity contribution is -0.116. The number of aromatic hydroxyl groups is 1. The molecule has 0 radical (unpaired) electrons. The first-order valence-corrected chi connectivity index (χ1v) is 7.85. The number of nitrogens with one attached hydrogen (secondary N) is 1. The van der Waals surface area contributed by atoms with Gasteiger partial charge in [-0.05, 0) is 30.7 Å². The van der Waals surface area contributed by atoms with Crippen molar-refractivity contribution in [3.63, 3.8) is 0 Å². The number of nitrogens with zero attached hydrogens (tertiary/aromatic N) is 1. The van der Waals surface area contributed by atoms with Gasteiger partial charge in [0.2, 0.25) is 5.91 Å². The van der Waals surface area contributed by atoms with Crippen molar-refractivity contribution in [1.29, 1.82) is 0 Å². The molecule has 26 heavy (non-hydrogen) atoms. The molecule has 0 aliphatic rings. The maximum Gasteiger partial charge on any atom is 0.258 e. The van der Waals surface area contributed by atoms with E-state index in [1.165, 1.54) is 17.0 Å². The second kappa shape index (κ2) is 8.37. The molecular weight excluding hydrogens is 349 g/mol. The predicted octanol–water partition coefficient (Wildman–Crippen LogP) is 3.30. The summed E-state index contributed by atoms with van der Waals surface area (Å²) in [6.45, 7) is 1.55. The van der Waals surface area contributed by atoms with Crippen LogP contribution in [-0.4, -0.2) is 34.9 Å². The van der Waals surface area contributed by atoms with Crippen LogP contribution in [0.15, 0.2) is 36.4 Å². The summed E-state index contributed by atoms with van der Waals surface area (Å²) < 4.78 is 39.8. The number of halogens is 3. The Morgan fingerprint density at radius 2 is 1.77 bits per heavy atom. The molecule has 0 spiro atoms. The Balaban J connectivity index is 2.15. The van der Waals surface area contributed by atoms with Gasteiger partial charge in [0, 0.05) is 6.54 Å². The van der Waals surface area contributed by atoms with E-state index >= 15 is 0 Å². The third kappa shape index (κ3) is 4.33. The maximum absolute atomic E-state index is 13.6. The van der Waals surface area contributed by atoms with Crippen molar-refractivity contribution in [2.45, 2.75) is 13.3 Å². The maximum atomic E-state index is 13.6. The summed E-state index contributed by atoms with van der Waals surface area (Å²) in [5.74, 6) is -6.18. The van der Waals surface area contributed by atoms with Crippen LogP contribution in [0.3, 0.4) is 0 Å². The van der Waals surface area contributed by atoms with Gasteiger partial charge in [0.1, 0.15) is 12.3 Å². The molecule has 2 aromatic carbocycles. The van der Waals surface area contributed by atoms with Crippen LogP contribution >= 0.6 is 0 Å². The zero-order valence-corrected chi connectivity index (χ0v) is 13.9. The molecule has 0 saturated carbocycles. The number of phenolic OH excluding ortho intramolecular Hbond substituents is 1. The standard InChI is InChI=1S/C18H17F3N2O3/c1-2-9-23(18(26)11-5-3-4-6-14(11)24)10-15(25)22-13-8-7-12(19)16(20)17(13)21/h3-8,24H,2,9-10H2,1H3,(H,22,25). The van der Waals surface area contributed by atoms with E-state index in [1.54, 1.807) is 19.1 Å². The minimum absolute atomic E-state index is 0.0211. The number of hydrogen-bond acceptors (Lipinski definition) is 3. The smallest absolute Gasteiger partial charge is 0.258 e. The van der Waals surface area contributed by atoms with Crippen molar-refractivity contribution in [3.8, 4) is 5.75 Å². The first-order chi connectivity index (χ1) is 12.3. The second-order valence-electron chi connectivity index (χ2n) is 5.51. The molecule has 2 rings (SSSR count). The molecule has 0 aromatic heterocycles. The highest BCUT2D eigenvalue weighted by molar-refractivity contribution is 6.00. The van der Waals surface area contributed by atoms with Gasteiger partial charge in [-0.2, -0.15) is 0 Å². The number of rotatable bonds is 6. The number of para-hydroxylation sites is 1. The van der Waals surface area contributed by atoms with E-state index in [9.17, 15) is 27.9 Å². The summed E-state index contributed by atoms with van der Waals surface area (Å²) in [6.07, 6.45) is 0.534. The Labute approximate surface area is 148 Å². The quantitative estimate of drug-likeness (QED) is 0.771. The summed E-state index contributed by atoms with van der Waals surface area (Å²) >= 11 is 0. The summed E-state index contributed by atoms with van der Waals surface area (Å²) in [7, 11) is 0. The first-order valence-electron chi connectivity index (χ1n) is 7.85. The Morgan fingerprint density at radius 3 is 2.42 bits per heavy atom. The summed E-state index contributed by atoms with van der Waals surface area (Å²) in [5, 5.41) is 11.9. The van der Waals surface area contributed by atoms with Crippen LogP contribution in [0.25, 0.3) is 0 Å². The molecule has 0 atom stereocenters. The highest BCUT2D eigenvalue weighted by Crippen LogP contribution is 2.20. The normalized spacial score (nSPS) is 10.5. The van der Waals surface area contributed by atoms with E-state index < -0.39 is 41.5 Å². The largest absolute Gasteiger partial charge is 0.507 e. The van der Waals surface area contributed by atoms with Crippen molar-refractivity contribution in [2.24, 2.45) is 0 Å². The fourth-order valence-corrected chi connectivity index (χ4v) is 2.33. The molecule has 5 nitrogen and oxygen atoms in total. The zero-order chi connectivity index (χ0) is 19.3. The van der Waals surface area contributed by atoms with E-state index in [4.69, 9.17) is 0 Å². The zero-order valence-electron chi connectivity index (χ0n) is 13.9. The predicted molar refractivity (Wildman–Crippen MR) is 89.2 cm³/mol. The number of phenols is 1. The molecule has 0 fully saturated rings. The molecular formula is C18H17F3N2O3. The highest BCUT2D eigenvalue weighted by Gasteiger charge is 2.22. The van der Waals surface area contributed by atoms with Gasteiger partial charge in [-0.25, -0.2) is 13.2 Å². The molecule has 138 valence electrons. The highest BCUT2D eigenvalue weighted by atomic mass is 19.2. The topological polar surface area (TPSA) is 69.6 Å². The van der Waals surface area contributed by atoms with Gasteiger partial charge in [0.05, 0.1) is 11.3 Å². The van der Waals surface area contributed by atoms with Crippen molar-refractivity contribution < 1.29 is 27.9 Å². The van der Waals surface area contributed by atoms with Crippen LogP contribution in [0.5, 0.6) is 5.75 Å². The minimum Gasteiger partial charge on any atom is -0.507 e. The average Bonchev–Trinajstić information content (AvgIpc) is 2.62. The SMILES string of the molecule is CCCN(CC(=O)Nc1ccc(F)c(F)c1F)C(=O)c1ccccc1O. The van der Waals surface area contributed by atoms with E-state index in [2.05, 4.69) is 5.32 Å².